The van der Waals surface area contributed by atoms with Crippen LogP contribution in [-0.4, -0.2) is 41.7 Å². The first-order valence-corrected chi connectivity index (χ1v) is 9.39. The number of aromatic carboxylic acids is 1. The molecule has 3 rings (SSSR count). The van der Waals surface area contributed by atoms with Crippen molar-refractivity contribution >= 4 is 12.0 Å². The van der Waals surface area contributed by atoms with Gasteiger partial charge in [-0.15, -0.1) is 0 Å². The van der Waals surface area contributed by atoms with E-state index in [1.807, 2.05) is 18.2 Å². The second-order valence-corrected chi connectivity index (χ2v) is 7.70. The third-order valence-corrected chi connectivity index (χ3v) is 5.29. The summed E-state index contributed by atoms with van der Waals surface area (Å²) in [5, 5.41) is 19.1. The maximum Gasteiger partial charge on any atom is 0.335 e. The second-order valence-electron chi connectivity index (χ2n) is 7.70. The number of phenolic OH excluding ortho intramolecular Hbond substituents is 1. The largest absolute Gasteiger partial charge is 0.508 e. The number of hydrogen-bond donors (Lipinski definition) is 2. The van der Waals surface area contributed by atoms with Crippen molar-refractivity contribution in [3.63, 3.8) is 0 Å². The van der Waals surface area contributed by atoms with Gasteiger partial charge in [-0.2, -0.15) is 0 Å². The first kappa shape index (κ1) is 19.2. The van der Waals surface area contributed by atoms with Gasteiger partial charge in [0, 0.05) is 6.54 Å². The zero-order valence-electron chi connectivity index (χ0n) is 15.9. The number of carbonyl (C=O) groups is 1. The summed E-state index contributed by atoms with van der Waals surface area (Å²) in [6, 6.07) is 14.7. The Kier molecular flexibility index (Phi) is 5.97. The SMILES string of the molecule is CN(C)C[C@@H]1CC/C(=C/c2cccc(C(=O)O)c2)C[C@H]1c1cccc(O)c1. The first-order valence-electron chi connectivity index (χ1n) is 9.39. The molecule has 0 aliphatic heterocycles. The summed E-state index contributed by atoms with van der Waals surface area (Å²) in [6.07, 6.45) is 5.17. The van der Waals surface area contributed by atoms with E-state index in [1.54, 1.807) is 24.3 Å². The lowest BCUT2D eigenvalue weighted by molar-refractivity contribution is 0.0697. The average Bonchev–Trinajstić information content (AvgIpc) is 2.63. The van der Waals surface area contributed by atoms with E-state index in [0.29, 0.717) is 23.1 Å². The van der Waals surface area contributed by atoms with Crippen LogP contribution in [0.25, 0.3) is 6.08 Å². The quantitative estimate of drug-likeness (QED) is 0.812. The number of allylic oxidation sites excluding steroid dienone is 1. The number of hydrogen-bond acceptors (Lipinski definition) is 3. The number of aromatic hydroxyl groups is 1. The molecule has 2 atom stereocenters. The van der Waals surface area contributed by atoms with Crippen LogP contribution >= 0.6 is 0 Å². The van der Waals surface area contributed by atoms with Crippen LogP contribution in [-0.2, 0) is 0 Å². The van der Waals surface area contributed by atoms with Gasteiger partial charge in [-0.05, 0) is 80.6 Å². The summed E-state index contributed by atoms with van der Waals surface area (Å²) < 4.78 is 0. The Balaban J connectivity index is 1.87. The van der Waals surface area contributed by atoms with Gasteiger partial charge < -0.3 is 15.1 Å². The molecular weight excluding hydrogens is 338 g/mol. The summed E-state index contributed by atoms with van der Waals surface area (Å²) >= 11 is 0. The normalized spacial score (nSPS) is 21.5. The molecule has 0 amide bonds. The minimum atomic E-state index is -0.900. The van der Waals surface area contributed by atoms with E-state index in [4.69, 9.17) is 0 Å². The number of benzene rings is 2. The summed E-state index contributed by atoms with van der Waals surface area (Å²) in [5.74, 6) is 0.287. The zero-order valence-corrected chi connectivity index (χ0v) is 15.9. The Morgan fingerprint density at radius 1 is 1.19 bits per heavy atom. The van der Waals surface area contributed by atoms with E-state index in [2.05, 4.69) is 31.1 Å². The minimum absolute atomic E-state index is 0.307. The highest BCUT2D eigenvalue weighted by molar-refractivity contribution is 5.88. The van der Waals surface area contributed by atoms with E-state index < -0.39 is 5.97 Å². The molecule has 0 radical (unpaired) electrons. The number of phenols is 1. The van der Waals surface area contributed by atoms with Gasteiger partial charge in [0.05, 0.1) is 5.56 Å². The Morgan fingerprint density at radius 3 is 2.67 bits per heavy atom. The molecule has 0 heterocycles. The number of rotatable bonds is 5. The van der Waals surface area contributed by atoms with Gasteiger partial charge in [-0.25, -0.2) is 4.79 Å². The lowest BCUT2D eigenvalue weighted by atomic mass is 9.73. The molecular formula is C23H27NO3. The highest BCUT2D eigenvalue weighted by Gasteiger charge is 2.29. The molecule has 27 heavy (non-hydrogen) atoms. The molecule has 0 aromatic heterocycles. The highest BCUT2D eigenvalue weighted by Crippen LogP contribution is 2.42. The van der Waals surface area contributed by atoms with E-state index in [0.717, 1.165) is 31.4 Å². The van der Waals surface area contributed by atoms with Crippen molar-refractivity contribution in [3.05, 3.63) is 70.8 Å². The lowest BCUT2D eigenvalue weighted by Crippen LogP contribution is -2.29. The Labute approximate surface area is 160 Å². The molecule has 1 saturated carbocycles. The molecule has 0 bridgehead atoms. The molecule has 0 saturated heterocycles. The molecule has 1 fully saturated rings. The molecule has 1 aliphatic carbocycles. The monoisotopic (exact) mass is 365 g/mol. The summed E-state index contributed by atoms with van der Waals surface area (Å²) in [7, 11) is 4.20. The fraction of sp³-hybridized carbons (Fsp3) is 0.348. The molecule has 4 nitrogen and oxygen atoms in total. The molecule has 4 heteroatoms. The van der Waals surface area contributed by atoms with E-state index in [1.165, 1.54) is 11.1 Å². The van der Waals surface area contributed by atoms with Gasteiger partial charge in [0.25, 0.3) is 0 Å². The van der Waals surface area contributed by atoms with Gasteiger partial charge in [0.1, 0.15) is 5.75 Å². The van der Waals surface area contributed by atoms with Gasteiger partial charge >= 0.3 is 5.97 Å². The molecule has 142 valence electrons. The van der Waals surface area contributed by atoms with Gasteiger partial charge in [0.2, 0.25) is 0 Å². The Bertz CT molecular complexity index is 841. The third-order valence-electron chi connectivity index (χ3n) is 5.29. The number of carboxylic acids is 1. The fourth-order valence-corrected chi connectivity index (χ4v) is 4.08. The van der Waals surface area contributed by atoms with E-state index in [-0.39, 0.29) is 0 Å². The van der Waals surface area contributed by atoms with Gasteiger partial charge in [0.15, 0.2) is 0 Å². The van der Waals surface area contributed by atoms with Crippen molar-refractivity contribution < 1.29 is 15.0 Å². The van der Waals surface area contributed by atoms with Crippen molar-refractivity contribution in [1.29, 1.82) is 0 Å². The van der Waals surface area contributed by atoms with E-state index in [9.17, 15) is 15.0 Å². The topological polar surface area (TPSA) is 60.8 Å². The number of carboxylic acid groups (broad SMARTS) is 1. The predicted molar refractivity (Wildman–Crippen MR) is 108 cm³/mol. The van der Waals surface area contributed by atoms with Crippen LogP contribution in [0.3, 0.4) is 0 Å². The third kappa shape index (κ3) is 4.98. The second kappa shape index (κ2) is 8.40. The average molecular weight is 365 g/mol. The maximum atomic E-state index is 11.2. The van der Waals surface area contributed by atoms with Crippen molar-refractivity contribution in [2.24, 2.45) is 5.92 Å². The van der Waals surface area contributed by atoms with Crippen molar-refractivity contribution in [2.45, 2.75) is 25.2 Å². The van der Waals surface area contributed by atoms with Crippen LogP contribution in [0, 0.1) is 5.92 Å². The van der Waals surface area contributed by atoms with Gasteiger partial charge in [-0.3, -0.25) is 0 Å². The van der Waals surface area contributed by atoms with Crippen LogP contribution in [0.15, 0.2) is 54.1 Å². The summed E-state index contributed by atoms with van der Waals surface area (Å²) in [4.78, 5) is 13.4. The molecule has 0 unspecified atom stereocenters. The fourth-order valence-electron chi connectivity index (χ4n) is 4.08. The molecule has 2 N–H and O–H groups in total. The van der Waals surface area contributed by atoms with Crippen LogP contribution < -0.4 is 0 Å². The van der Waals surface area contributed by atoms with Crippen LogP contribution in [0.4, 0.5) is 0 Å². The zero-order chi connectivity index (χ0) is 19.4. The van der Waals surface area contributed by atoms with Crippen LogP contribution in [0.2, 0.25) is 0 Å². The van der Waals surface area contributed by atoms with Gasteiger partial charge in [-0.1, -0.05) is 35.9 Å². The predicted octanol–water partition coefficient (Wildman–Crippen LogP) is 4.62. The highest BCUT2D eigenvalue weighted by atomic mass is 16.4. The molecule has 2 aromatic carbocycles. The van der Waals surface area contributed by atoms with Crippen LogP contribution in [0.5, 0.6) is 5.75 Å². The molecule has 1 aliphatic rings. The molecule has 0 spiro atoms. The van der Waals surface area contributed by atoms with Crippen LogP contribution in [0.1, 0.15) is 46.7 Å². The maximum absolute atomic E-state index is 11.2. The number of nitrogens with zero attached hydrogens (tertiary/aromatic N) is 1. The Morgan fingerprint density at radius 2 is 1.96 bits per heavy atom. The van der Waals surface area contributed by atoms with Crippen molar-refractivity contribution in [3.8, 4) is 5.75 Å². The summed E-state index contributed by atoms with van der Waals surface area (Å²) in [6.45, 7) is 1.02. The smallest absolute Gasteiger partial charge is 0.335 e. The summed E-state index contributed by atoms with van der Waals surface area (Å²) in [5.41, 5.74) is 3.76. The molecule has 2 aromatic rings. The standard InChI is InChI=1S/C23H27NO3/c1-24(2)15-20-10-9-17(11-16-5-3-7-19(12-16)23(26)27)13-22(20)18-6-4-8-21(25)14-18/h3-8,11-12,14,20,22,25H,9-10,13,15H2,1-2H3,(H,26,27)/b17-11-/t20-,22-/m0/s1. The van der Waals surface area contributed by atoms with E-state index >= 15 is 0 Å². The van der Waals surface area contributed by atoms with Crippen molar-refractivity contribution in [1.82, 2.24) is 4.90 Å². The van der Waals surface area contributed by atoms with Crippen molar-refractivity contribution in [2.75, 3.05) is 20.6 Å². The Hall–Kier alpha value is -2.59. The minimum Gasteiger partial charge on any atom is -0.508 e. The lowest BCUT2D eigenvalue weighted by Gasteiger charge is -2.35. The first-order chi connectivity index (χ1) is 12.9.